The maximum atomic E-state index is 13.0. The third kappa shape index (κ3) is 3.69. The van der Waals surface area contributed by atoms with Gasteiger partial charge < -0.3 is 10.1 Å². The molecule has 1 N–H and O–H groups in total. The van der Waals surface area contributed by atoms with Crippen LogP contribution in [0.1, 0.15) is 23.1 Å². The molecule has 2 aromatic carbocycles. The number of nitrogens with zero attached hydrogens (tertiary/aromatic N) is 2. The summed E-state index contributed by atoms with van der Waals surface area (Å²) in [5, 5.41) is 3.68. The van der Waals surface area contributed by atoms with E-state index in [4.69, 9.17) is 4.74 Å². The third-order valence-electron chi connectivity index (χ3n) is 4.65. The van der Waals surface area contributed by atoms with Gasteiger partial charge in [0.25, 0.3) is 5.56 Å². The number of carbonyl (C=O) groups excluding carboxylic acids is 2. The van der Waals surface area contributed by atoms with E-state index in [0.29, 0.717) is 33.9 Å². The Balaban J connectivity index is 1.56. The molecule has 2 aromatic heterocycles. The normalized spacial score (nSPS) is 11.0. The van der Waals surface area contributed by atoms with Gasteiger partial charge in [-0.1, -0.05) is 18.2 Å². The van der Waals surface area contributed by atoms with Crippen molar-refractivity contribution in [1.82, 2.24) is 9.55 Å². The second kappa shape index (κ2) is 8.08. The van der Waals surface area contributed by atoms with Gasteiger partial charge in [0.05, 0.1) is 17.7 Å². The number of hydrogen-bond donors (Lipinski definition) is 1. The molecule has 0 spiro atoms. The van der Waals surface area contributed by atoms with Gasteiger partial charge in [-0.05, 0) is 44.2 Å². The summed E-state index contributed by atoms with van der Waals surface area (Å²) >= 11 is 1.38. The van der Waals surface area contributed by atoms with Crippen LogP contribution in [-0.2, 0) is 16.1 Å². The number of nitrogens with one attached hydrogen (secondary N) is 1. The summed E-state index contributed by atoms with van der Waals surface area (Å²) in [6.07, 6.45) is 0. The first kappa shape index (κ1) is 19.8. The van der Waals surface area contributed by atoms with Crippen molar-refractivity contribution in [2.24, 2.45) is 0 Å². The van der Waals surface area contributed by atoms with Crippen LogP contribution >= 0.6 is 11.3 Å². The Kier molecular flexibility index (Phi) is 5.33. The second-order valence-electron chi connectivity index (χ2n) is 6.67. The highest BCUT2D eigenvalue weighted by Crippen LogP contribution is 2.30. The summed E-state index contributed by atoms with van der Waals surface area (Å²) in [6.45, 7) is 3.60. The molecule has 0 radical (unpaired) electrons. The van der Waals surface area contributed by atoms with E-state index in [1.165, 1.54) is 15.9 Å². The number of aryl methyl sites for hydroxylation is 1. The number of benzene rings is 2. The number of esters is 1. The van der Waals surface area contributed by atoms with Crippen molar-refractivity contribution >= 4 is 49.2 Å². The Labute approximate surface area is 175 Å². The molecule has 0 saturated heterocycles. The minimum Gasteiger partial charge on any atom is -0.462 e. The number of ether oxygens (including phenoxy) is 1. The van der Waals surface area contributed by atoms with E-state index in [-0.39, 0.29) is 18.0 Å². The third-order valence-corrected chi connectivity index (χ3v) is 5.80. The van der Waals surface area contributed by atoms with Crippen molar-refractivity contribution in [3.05, 3.63) is 70.3 Å². The Hall–Kier alpha value is -3.52. The van der Waals surface area contributed by atoms with E-state index < -0.39 is 5.97 Å². The Morgan fingerprint density at radius 1 is 1.13 bits per heavy atom. The molecule has 0 atom stereocenters. The van der Waals surface area contributed by atoms with Gasteiger partial charge in [0.1, 0.15) is 17.1 Å². The first-order chi connectivity index (χ1) is 14.5. The highest BCUT2D eigenvalue weighted by molar-refractivity contribution is 7.25. The van der Waals surface area contributed by atoms with Crippen molar-refractivity contribution in [2.45, 2.75) is 20.4 Å². The van der Waals surface area contributed by atoms with Gasteiger partial charge in [-0.25, -0.2) is 9.78 Å². The molecule has 8 heteroatoms. The van der Waals surface area contributed by atoms with Crippen LogP contribution in [0.5, 0.6) is 0 Å². The average Bonchev–Trinajstić information content (AvgIpc) is 3.10. The van der Waals surface area contributed by atoms with Gasteiger partial charge in [0.2, 0.25) is 5.91 Å². The van der Waals surface area contributed by atoms with Crippen molar-refractivity contribution in [3.8, 4) is 0 Å². The molecule has 4 rings (SSSR count). The lowest BCUT2D eigenvalue weighted by Crippen LogP contribution is -2.29. The zero-order valence-corrected chi connectivity index (χ0v) is 17.3. The zero-order valence-electron chi connectivity index (χ0n) is 16.5. The monoisotopic (exact) mass is 421 g/mol. The molecule has 0 aliphatic carbocycles. The van der Waals surface area contributed by atoms with E-state index in [9.17, 15) is 14.4 Å². The number of aromatic nitrogens is 2. The van der Waals surface area contributed by atoms with Crippen LogP contribution in [0.4, 0.5) is 5.69 Å². The minimum atomic E-state index is -0.416. The van der Waals surface area contributed by atoms with E-state index in [1.807, 2.05) is 24.3 Å². The molecule has 0 unspecified atom stereocenters. The summed E-state index contributed by atoms with van der Waals surface area (Å²) in [4.78, 5) is 41.8. The molecule has 2 heterocycles. The van der Waals surface area contributed by atoms with Gasteiger partial charge in [-0.3, -0.25) is 14.2 Å². The second-order valence-corrected chi connectivity index (χ2v) is 7.72. The molecular weight excluding hydrogens is 402 g/mol. The molecule has 1 amide bonds. The van der Waals surface area contributed by atoms with E-state index >= 15 is 0 Å². The van der Waals surface area contributed by atoms with Crippen LogP contribution in [0.3, 0.4) is 0 Å². The molecule has 0 aliphatic rings. The molecule has 0 aliphatic heterocycles. The quantitative estimate of drug-likeness (QED) is 0.496. The number of anilines is 1. The topological polar surface area (TPSA) is 90.3 Å². The molecule has 4 aromatic rings. The zero-order chi connectivity index (χ0) is 21.3. The van der Waals surface area contributed by atoms with Crippen LogP contribution < -0.4 is 10.9 Å². The first-order valence-corrected chi connectivity index (χ1v) is 10.2. The maximum absolute atomic E-state index is 13.0. The number of amides is 1. The fourth-order valence-electron chi connectivity index (χ4n) is 3.21. The van der Waals surface area contributed by atoms with E-state index in [1.54, 1.807) is 38.1 Å². The SMILES string of the molecule is CCOC(=O)c1ccc(NC(=O)Cn2c(C)nc3c(sc4ccccc43)c2=O)cc1. The number of hydrogen-bond acceptors (Lipinski definition) is 6. The largest absolute Gasteiger partial charge is 0.462 e. The van der Waals surface area contributed by atoms with E-state index in [2.05, 4.69) is 10.3 Å². The lowest BCUT2D eigenvalue weighted by molar-refractivity contribution is -0.116. The highest BCUT2D eigenvalue weighted by atomic mass is 32.1. The Morgan fingerprint density at radius 3 is 2.60 bits per heavy atom. The van der Waals surface area contributed by atoms with Gasteiger partial charge in [-0.2, -0.15) is 0 Å². The molecule has 0 saturated carbocycles. The van der Waals surface area contributed by atoms with Crippen LogP contribution in [0.25, 0.3) is 20.3 Å². The molecule has 7 nitrogen and oxygen atoms in total. The predicted octanol–water partition coefficient (Wildman–Crippen LogP) is 3.74. The van der Waals surface area contributed by atoms with Crippen LogP contribution in [0.15, 0.2) is 53.3 Å². The molecular formula is C22H19N3O4S. The Morgan fingerprint density at radius 2 is 1.87 bits per heavy atom. The lowest BCUT2D eigenvalue weighted by Gasteiger charge is -2.10. The van der Waals surface area contributed by atoms with Crippen molar-refractivity contribution in [1.29, 1.82) is 0 Å². The fourth-order valence-corrected chi connectivity index (χ4v) is 4.30. The average molecular weight is 421 g/mol. The summed E-state index contributed by atoms with van der Waals surface area (Å²) in [5.41, 5.74) is 1.37. The Bertz CT molecular complexity index is 1320. The molecule has 152 valence electrons. The molecule has 0 bridgehead atoms. The number of fused-ring (bicyclic) bond motifs is 3. The van der Waals surface area contributed by atoms with Crippen LogP contribution in [-0.4, -0.2) is 28.0 Å². The number of rotatable bonds is 5. The summed E-state index contributed by atoms with van der Waals surface area (Å²) in [5.74, 6) is -0.296. The predicted molar refractivity (Wildman–Crippen MR) is 117 cm³/mol. The number of thiophene rings is 1. The van der Waals surface area contributed by atoms with Crippen molar-refractivity contribution in [2.75, 3.05) is 11.9 Å². The fraction of sp³-hybridized carbons (Fsp3) is 0.182. The van der Waals surface area contributed by atoms with Crippen molar-refractivity contribution in [3.63, 3.8) is 0 Å². The van der Waals surface area contributed by atoms with Crippen molar-refractivity contribution < 1.29 is 14.3 Å². The highest BCUT2D eigenvalue weighted by Gasteiger charge is 2.16. The van der Waals surface area contributed by atoms with Gasteiger partial charge in [-0.15, -0.1) is 11.3 Å². The number of carbonyl (C=O) groups is 2. The van der Waals surface area contributed by atoms with Gasteiger partial charge in [0, 0.05) is 15.8 Å². The van der Waals surface area contributed by atoms with Crippen LogP contribution in [0, 0.1) is 6.92 Å². The molecule has 30 heavy (non-hydrogen) atoms. The summed E-state index contributed by atoms with van der Waals surface area (Å²) in [6, 6.07) is 14.1. The lowest BCUT2D eigenvalue weighted by atomic mass is 10.2. The molecule has 0 fully saturated rings. The van der Waals surface area contributed by atoms with E-state index in [0.717, 1.165) is 10.1 Å². The smallest absolute Gasteiger partial charge is 0.338 e. The summed E-state index contributed by atoms with van der Waals surface area (Å²) in [7, 11) is 0. The maximum Gasteiger partial charge on any atom is 0.338 e. The van der Waals surface area contributed by atoms with Gasteiger partial charge >= 0.3 is 5.97 Å². The summed E-state index contributed by atoms with van der Waals surface area (Å²) < 4.78 is 7.84. The van der Waals surface area contributed by atoms with Crippen LogP contribution in [0.2, 0.25) is 0 Å². The van der Waals surface area contributed by atoms with Gasteiger partial charge in [0.15, 0.2) is 0 Å². The first-order valence-electron chi connectivity index (χ1n) is 9.43. The standard InChI is InChI=1S/C22H19N3O4S/c1-3-29-22(28)14-8-10-15(11-9-14)24-18(26)12-25-13(2)23-19-16-6-4-5-7-17(16)30-20(19)21(25)27/h4-11H,3,12H2,1-2H3,(H,24,26). The minimum absolute atomic E-state index is 0.151.